The molecule has 1 unspecified atom stereocenters. The maximum absolute atomic E-state index is 14.3. The van der Waals surface area contributed by atoms with Crippen molar-refractivity contribution in [2.45, 2.75) is 32.7 Å². The Morgan fingerprint density at radius 2 is 2.07 bits per heavy atom. The SMILES string of the molecule is COc1ccc(F)c(CN2CCCC3(CCN(C(=O)c4cccc(C)n4)C3)C2)c1. The molecule has 0 saturated carbocycles. The molecule has 0 bridgehead atoms. The molecule has 1 amide bonds. The number of aromatic nitrogens is 1. The second kappa shape index (κ2) is 8.11. The van der Waals surface area contributed by atoms with Gasteiger partial charge in [-0.05, 0) is 63.1 Å². The van der Waals surface area contributed by atoms with Gasteiger partial charge in [0.05, 0.1) is 7.11 Å². The summed E-state index contributed by atoms with van der Waals surface area (Å²) in [5.74, 6) is 0.497. The van der Waals surface area contributed by atoms with Gasteiger partial charge in [0.25, 0.3) is 5.91 Å². The zero-order valence-corrected chi connectivity index (χ0v) is 17.2. The number of amides is 1. The molecule has 1 spiro atoms. The lowest BCUT2D eigenvalue weighted by molar-refractivity contribution is 0.0668. The standard InChI is InChI=1S/C23H28FN3O2/c1-17-5-3-6-21(25-17)22(28)27-12-10-23(16-27)9-4-11-26(15-23)14-18-13-19(29-2)7-8-20(18)24/h3,5-8,13H,4,9-12,14-16H2,1-2H3. The maximum atomic E-state index is 14.3. The van der Waals surface area contributed by atoms with Gasteiger partial charge in [-0.25, -0.2) is 9.37 Å². The average molecular weight is 397 g/mol. The summed E-state index contributed by atoms with van der Waals surface area (Å²) in [6.45, 7) is 5.81. The monoisotopic (exact) mass is 397 g/mol. The average Bonchev–Trinajstić information content (AvgIpc) is 3.12. The minimum atomic E-state index is -0.195. The zero-order valence-electron chi connectivity index (χ0n) is 17.2. The second-order valence-electron chi connectivity index (χ2n) is 8.41. The van der Waals surface area contributed by atoms with E-state index in [0.29, 0.717) is 23.6 Å². The number of pyridine rings is 1. The molecule has 0 aliphatic carbocycles. The summed E-state index contributed by atoms with van der Waals surface area (Å²) in [6.07, 6.45) is 3.16. The Morgan fingerprint density at radius 1 is 1.21 bits per heavy atom. The van der Waals surface area contributed by atoms with Crippen molar-refractivity contribution in [1.29, 1.82) is 0 Å². The van der Waals surface area contributed by atoms with Gasteiger partial charge in [0.2, 0.25) is 0 Å². The second-order valence-corrected chi connectivity index (χ2v) is 8.41. The van der Waals surface area contributed by atoms with Crippen molar-refractivity contribution in [3.8, 4) is 5.75 Å². The number of hydrogen-bond acceptors (Lipinski definition) is 4. The molecule has 2 fully saturated rings. The van der Waals surface area contributed by atoms with Gasteiger partial charge < -0.3 is 9.64 Å². The van der Waals surface area contributed by atoms with Crippen molar-refractivity contribution in [3.63, 3.8) is 0 Å². The first-order valence-electron chi connectivity index (χ1n) is 10.3. The minimum absolute atomic E-state index is 0.0153. The summed E-state index contributed by atoms with van der Waals surface area (Å²) in [6, 6.07) is 10.5. The van der Waals surface area contributed by atoms with Crippen molar-refractivity contribution in [2.75, 3.05) is 33.3 Å². The number of benzene rings is 1. The molecule has 2 saturated heterocycles. The third kappa shape index (κ3) is 4.27. The quantitative estimate of drug-likeness (QED) is 0.790. The van der Waals surface area contributed by atoms with Crippen LogP contribution in [0, 0.1) is 18.2 Å². The van der Waals surface area contributed by atoms with E-state index in [9.17, 15) is 9.18 Å². The van der Waals surface area contributed by atoms with Gasteiger partial charge in [0.15, 0.2) is 0 Å². The fourth-order valence-electron chi connectivity index (χ4n) is 4.75. The summed E-state index contributed by atoms with van der Waals surface area (Å²) < 4.78 is 19.5. The van der Waals surface area contributed by atoms with Gasteiger partial charge >= 0.3 is 0 Å². The predicted molar refractivity (Wildman–Crippen MR) is 109 cm³/mol. The van der Waals surface area contributed by atoms with Crippen molar-refractivity contribution in [2.24, 2.45) is 5.41 Å². The first-order valence-corrected chi connectivity index (χ1v) is 10.3. The molecule has 1 aromatic carbocycles. The van der Waals surface area contributed by atoms with Crippen LogP contribution in [0.3, 0.4) is 0 Å². The first kappa shape index (κ1) is 19.8. The molecule has 29 heavy (non-hydrogen) atoms. The van der Waals surface area contributed by atoms with E-state index in [1.807, 2.05) is 24.0 Å². The Labute approximate surface area is 171 Å². The lowest BCUT2D eigenvalue weighted by Crippen LogP contribution is -2.45. The minimum Gasteiger partial charge on any atom is -0.497 e. The number of ether oxygens (including phenoxy) is 1. The van der Waals surface area contributed by atoms with Gasteiger partial charge in [-0.1, -0.05) is 6.07 Å². The Morgan fingerprint density at radius 3 is 2.86 bits per heavy atom. The Hall–Kier alpha value is -2.47. The van der Waals surface area contributed by atoms with Gasteiger partial charge in [-0.2, -0.15) is 0 Å². The molecule has 1 aromatic heterocycles. The van der Waals surface area contributed by atoms with Crippen LogP contribution in [-0.4, -0.2) is 54.0 Å². The molecule has 2 aromatic rings. The van der Waals surface area contributed by atoms with Crippen LogP contribution in [0.25, 0.3) is 0 Å². The topological polar surface area (TPSA) is 45.7 Å². The van der Waals surface area contributed by atoms with E-state index in [0.717, 1.165) is 51.1 Å². The number of methoxy groups -OCH3 is 1. The van der Waals surface area contributed by atoms with Crippen LogP contribution in [-0.2, 0) is 6.54 Å². The van der Waals surface area contributed by atoms with E-state index in [2.05, 4.69) is 9.88 Å². The number of carbonyl (C=O) groups excluding carboxylic acids is 1. The largest absolute Gasteiger partial charge is 0.497 e. The van der Waals surface area contributed by atoms with Crippen LogP contribution in [0.1, 0.15) is 41.0 Å². The van der Waals surface area contributed by atoms with Crippen LogP contribution in [0.2, 0.25) is 0 Å². The van der Waals surface area contributed by atoms with E-state index < -0.39 is 0 Å². The highest BCUT2D eigenvalue weighted by atomic mass is 19.1. The molecule has 1 atom stereocenters. The Balaban J connectivity index is 1.44. The lowest BCUT2D eigenvalue weighted by atomic mass is 9.79. The van der Waals surface area contributed by atoms with E-state index in [1.165, 1.54) is 6.07 Å². The summed E-state index contributed by atoms with van der Waals surface area (Å²) in [5.41, 5.74) is 2.13. The molecular formula is C23H28FN3O2. The van der Waals surface area contributed by atoms with Crippen molar-refractivity contribution in [3.05, 3.63) is 59.2 Å². The number of halogens is 1. The van der Waals surface area contributed by atoms with E-state index in [4.69, 9.17) is 4.74 Å². The molecule has 154 valence electrons. The first-order chi connectivity index (χ1) is 14.0. The number of piperidine rings is 1. The molecule has 3 heterocycles. The van der Waals surface area contributed by atoms with Crippen molar-refractivity contribution in [1.82, 2.24) is 14.8 Å². The van der Waals surface area contributed by atoms with Gasteiger partial charge in [0.1, 0.15) is 17.3 Å². The summed E-state index contributed by atoms with van der Waals surface area (Å²) in [5, 5.41) is 0. The molecule has 0 N–H and O–H groups in total. The van der Waals surface area contributed by atoms with Crippen LogP contribution < -0.4 is 4.74 Å². The maximum Gasteiger partial charge on any atom is 0.272 e. The third-order valence-electron chi connectivity index (χ3n) is 6.22. The van der Waals surface area contributed by atoms with Crippen molar-refractivity contribution >= 4 is 5.91 Å². The number of aryl methyl sites for hydroxylation is 1. The number of hydrogen-bond donors (Lipinski definition) is 0. The van der Waals surface area contributed by atoms with Gasteiger partial charge in [-0.3, -0.25) is 9.69 Å². The number of likely N-dealkylation sites (tertiary alicyclic amines) is 2. The Kier molecular flexibility index (Phi) is 5.54. The highest BCUT2D eigenvalue weighted by Crippen LogP contribution is 2.40. The molecule has 2 aliphatic heterocycles. The number of nitrogens with zero attached hydrogens (tertiary/aromatic N) is 3. The van der Waals surface area contributed by atoms with Crippen LogP contribution >= 0.6 is 0 Å². The van der Waals surface area contributed by atoms with Crippen molar-refractivity contribution < 1.29 is 13.9 Å². The van der Waals surface area contributed by atoms with Gasteiger partial charge in [-0.15, -0.1) is 0 Å². The normalized spacial score (nSPS) is 22.2. The molecule has 0 radical (unpaired) electrons. The van der Waals surface area contributed by atoms with Crippen LogP contribution in [0.5, 0.6) is 5.75 Å². The Bertz CT molecular complexity index is 903. The zero-order chi connectivity index (χ0) is 20.4. The summed E-state index contributed by atoms with van der Waals surface area (Å²) >= 11 is 0. The highest BCUT2D eigenvalue weighted by molar-refractivity contribution is 5.92. The van der Waals surface area contributed by atoms with E-state index in [1.54, 1.807) is 25.3 Å². The molecule has 6 heteroatoms. The predicted octanol–water partition coefficient (Wildman–Crippen LogP) is 3.67. The molecule has 4 rings (SSSR count). The van der Waals surface area contributed by atoms with E-state index in [-0.39, 0.29) is 17.1 Å². The summed E-state index contributed by atoms with van der Waals surface area (Å²) in [4.78, 5) is 21.6. The van der Waals surface area contributed by atoms with Crippen LogP contribution in [0.15, 0.2) is 36.4 Å². The fraction of sp³-hybridized carbons (Fsp3) is 0.478. The molecule has 5 nitrogen and oxygen atoms in total. The fourth-order valence-corrected chi connectivity index (χ4v) is 4.75. The third-order valence-corrected chi connectivity index (χ3v) is 6.22. The smallest absolute Gasteiger partial charge is 0.272 e. The number of carbonyl (C=O) groups is 1. The summed E-state index contributed by atoms with van der Waals surface area (Å²) in [7, 11) is 1.60. The van der Waals surface area contributed by atoms with Gasteiger partial charge in [0, 0.05) is 42.9 Å². The lowest BCUT2D eigenvalue weighted by Gasteiger charge is -2.40. The highest BCUT2D eigenvalue weighted by Gasteiger charge is 2.43. The molecular weight excluding hydrogens is 369 g/mol. The molecule has 2 aliphatic rings. The number of rotatable bonds is 4. The van der Waals surface area contributed by atoms with Crippen LogP contribution in [0.4, 0.5) is 4.39 Å². The van der Waals surface area contributed by atoms with E-state index >= 15 is 0 Å².